The highest BCUT2D eigenvalue weighted by molar-refractivity contribution is 5.42. The summed E-state index contributed by atoms with van der Waals surface area (Å²) in [5, 5.41) is 0. The van der Waals surface area contributed by atoms with E-state index >= 15 is 0 Å². The molecule has 0 aliphatic carbocycles. The van der Waals surface area contributed by atoms with Gasteiger partial charge in [0, 0.05) is 0 Å². The van der Waals surface area contributed by atoms with Gasteiger partial charge in [0.25, 0.3) is 6.43 Å². The molecule has 0 unspecified atom stereocenters. The molecule has 3 heteroatoms. The Morgan fingerprint density at radius 3 is 2.33 bits per heavy atom. The van der Waals surface area contributed by atoms with Crippen molar-refractivity contribution in [2.24, 2.45) is 0 Å². The predicted octanol–water partition coefficient (Wildman–Crippen LogP) is 6.10. The van der Waals surface area contributed by atoms with Crippen molar-refractivity contribution < 1.29 is 13.5 Å². The maximum Gasteiger partial charge on any atom is 0.267 e. The van der Waals surface area contributed by atoms with Crippen LogP contribution in [0.3, 0.4) is 0 Å². The van der Waals surface area contributed by atoms with Gasteiger partial charge in [-0.25, -0.2) is 8.78 Å². The van der Waals surface area contributed by atoms with Gasteiger partial charge >= 0.3 is 0 Å². The fraction of sp³-hybridized carbons (Fsp3) is 0.333. The summed E-state index contributed by atoms with van der Waals surface area (Å²) in [6, 6.07) is 12.1. The normalized spacial score (nSPS) is 11.2. The highest BCUT2D eigenvalue weighted by atomic mass is 19.3. The molecule has 0 saturated carbocycles. The van der Waals surface area contributed by atoms with Crippen LogP contribution in [0.5, 0.6) is 11.5 Å². The van der Waals surface area contributed by atoms with Crippen LogP contribution < -0.4 is 4.74 Å². The van der Waals surface area contributed by atoms with Crippen molar-refractivity contribution in [1.29, 1.82) is 0 Å². The van der Waals surface area contributed by atoms with Crippen LogP contribution >= 0.6 is 0 Å². The monoisotopic (exact) mass is 290 g/mol. The molecule has 21 heavy (non-hydrogen) atoms. The van der Waals surface area contributed by atoms with E-state index in [0.29, 0.717) is 11.7 Å². The van der Waals surface area contributed by atoms with Gasteiger partial charge in [0.1, 0.15) is 11.5 Å². The van der Waals surface area contributed by atoms with Crippen molar-refractivity contribution in [3.05, 3.63) is 59.2 Å². The van der Waals surface area contributed by atoms with Crippen LogP contribution in [0.15, 0.2) is 42.5 Å². The van der Waals surface area contributed by atoms with Gasteiger partial charge in [-0.15, -0.1) is 0 Å². The van der Waals surface area contributed by atoms with Gasteiger partial charge in [-0.3, -0.25) is 0 Å². The zero-order chi connectivity index (χ0) is 15.4. The minimum absolute atomic E-state index is 0.0801. The number of benzene rings is 2. The smallest absolute Gasteiger partial charge is 0.267 e. The summed E-state index contributed by atoms with van der Waals surface area (Å²) in [5.74, 6) is 1.25. The van der Waals surface area contributed by atoms with Crippen molar-refractivity contribution in [2.75, 3.05) is 0 Å². The number of hydrogen-bond donors (Lipinski definition) is 0. The highest BCUT2D eigenvalue weighted by Crippen LogP contribution is 2.33. The molecule has 0 aliphatic heterocycles. The summed E-state index contributed by atoms with van der Waals surface area (Å²) in [7, 11) is 0. The Kier molecular flexibility index (Phi) is 4.94. The fourth-order valence-electron chi connectivity index (χ4n) is 2.40. The Morgan fingerprint density at radius 1 is 1.00 bits per heavy atom. The molecule has 0 heterocycles. The van der Waals surface area contributed by atoms with Crippen LogP contribution in [-0.4, -0.2) is 0 Å². The highest BCUT2D eigenvalue weighted by Gasteiger charge is 2.14. The lowest BCUT2D eigenvalue weighted by Gasteiger charge is -2.15. The molecule has 0 radical (unpaired) electrons. The number of halogens is 2. The maximum absolute atomic E-state index is 13.0. The topological polar surface area (TPSA) is 9.23 Å². The minimum atomic E-state index is -2.54. The first-order chi connectivity index (χ1) is 10.0. The SMILES string of the molecule is CCc1cc(Oc2ccccc2C(F)F)ccc1C(C)C. The van der Waals surface area contributed by atoms with E-state index in [9.17, 15) is 8.78 Å². The molecule has 2 aromatic rings. The van der Waals surface area contributed by atoms with Crippen molar-refractivity contribution in [3.8, 4) is 11.5 Å². The van der Waals surface area contributed by atoms with Crippen molar-refractivity contribution in [2.45, 2.75) is 39.5 Å². The number of para-hydroxylation sites is 1. The molecule has 1 nitrogen and oxygen atoms in total. The van der Waals surface area contributed by atoms with E-state index in [2.05, 4.69) is 20.8 Å². The van der Waals surface area contributed by atoms with Gasteiger partial charge in [0.05, 0.1) is 5.56 Å². The van der Waals surface area contributed by atoms with Gasteiger partial charge in [0.15, 0.2) is 0 Å². The molecule has 0 aliphatic rings. The third kappa shape index (κ3) is 3.60. The van der Waals surface area contributed by atoms with E-state index in [1.54, 1.807) is 18.2 Å². The molecule has 2 rings (SSSR count). The largest absolute Gasteiger partial charge is 0.457 e. The molecule has 0 bridgehead atoms. The molecule has 2 aromatic carbocycles. The van der Waals surface area contributed by atoms with Crippen LogP contribution in [0.25, 0.3) is 0 Å². The van der Waals surface area contributed by atoms with E-state index in [-0.39, 0.29) is 11.3 Å². The second kappa shape index (κ2) is 6.70. The zero-order valence-corrected chi connectivity index (χ0v) is 12.6. The zero-order valence-electron chi connectivity index (χ0n) is 12.6. The van der Waals surface area contributed by atoms with E-state index in [1.165, 1.54) is 17.2 Å². The predicted molar refractivity (Wildman–Crippen MR) is 81.4 cm³/mol. The average molecular weight is 290 g/mol. The van der Waals surface area contributed by atoms with Crippen molar-refractivity contribution >= 4 is 0 Å². The first kappa shape index (κ1) is 15.5. The molecule has 112 valence electrons. The van der Waals surface area contributed by atoms with Crippen LogP contribution in [0.2, 0.25) is 0 Å². The Morgan fingerprint density at radius 2 is 1.71 bits per heavy atom. The lowest BCUT2D eigenvalue weighted by atomic mass is 9.95. The van der Waals surface area contributed by atoms with Crippen LogP contribution in [0, 0.1) is 0 Å². The lowest BCUT2D eigenvalue weighted by Crippen LogP contribution is -1.97. The molecule has 0 saturated heterocycles. The van der Waals surface area contributed by atoms with Crippen LogP contribution in [0.1, 0.15) is 49.8 Å². The first-order valence-corrected chi connectivity index (χ1v) is 7.20. The summed E-state index contributed by atoms with van der Waals surface area (Å²) < 4.78 is 31.6. The second-order valence-corrected chi connectivity index (χ2v) is 5.31. The van der Waals surface area contributed by atoms with Crippen LogP contribution in [0.4, 0.5) is 8.78 Å². The number of aryl methyl sites for hydroxylation is 1. The number of alkyl halides is 2. The summed E-state index contributed by atoms with van der Waals surface area (Å²) in [6.45, 7) is 6.36. The number of ether oxygens (including phenoxy) is 1. The molecule has 0 atom stereocenters. The maximum atomic E-state index is 13.0. The summed E-state index contributed by atoms with van der Waals surface area (Å²) >= 11 is 0. The number of rotatable bonds is 5. The Labute approximate surface area is 124 Å². The first-order valence-electron chi connectivity index (χ1n) is 7.20. The van der Waals surface area contributed by atoms with E-state index in [0.717, 1.165) is 6.42 Å². The Hall–Kier alpha value is -1.90. The third-order valence-corrected chi connectivity index (χ3v) is 3.50. The summed E-state index contributed by atoms with van der Waals surface area (Å²) in [4.78, 5) is 0. The Bertz CT molecular complexity index is 606. The van der Waals surface area contributed by atoms with Gasteiger partial charge in [-0.05, 0) is 47.7 Å². The second-order valence-electron chi connectivity index (χ2n) is 5.31. The molecule has 0 aromatic heterocycles. The molecular formula is C18H20F2O. The molecule has 0 spiro atoms. The minimum Gasteiger partial charge on any atom is -0.457 e. The van der Waals surface area contributed by atoms with E-state index < -0.39 is 6.43 Å². The quantitative estimate of drug-likeness (QED) is 0.646. The van der Waals surface area contributed by atoms with E-state index in [1.807, 2.05) is 18.2 Å². The lowest BCUT2D eigenvalue weighted by molar-refractivity contribution is 0.148. The van der Waals surface area contributed by atoms with Gasteiger partial charge in [-0.1, -0.05) is 39.0 Å². The Balaban J connectivity index is 2.32. The van der Waals surface area contributed by atoms with Gasteiger partial charge in [-0.2, -0.15) is 0 Å². The number of hydrogen-bond acceptors (Lipinski definition) is 1. The van der Waals surface area contributed by atoms with Crippen molar-refractivity contribution in [1.82, 2.24) is 0 Å². The average Bonchev–Trinajstić information content (AvgIpc) is 2.47. The molecule has 0 N–H and O–H groups in total. The standard InChI is InChI=1S/C18H20F2O/c1-4-13-11-14(9-10-15(13)12(2)3)21-17-8-6-5-7-16(17)18(19)20/h5-12,18H,4H2,1-3H3. The summed E-state index contributed by atoms with van der Waals surface area (Å²) in [5.41, 5.74) is 2.38. The fourth-order valence-corrected chi connectivity index (χ4v) is 2.40. The van der Waals surface area contributed by atoms with Crippen LogP contribution in [-0.2, 0) is 6.42 Å². The molecule has 0 fully saturated rings. The van der Waals surface area contributed by atoms with Gasteiger partial charge < -0.3 is 4.74 Å². The van der Waals surface area contributed by atoms with Crippen molar-refractivity contribution in [3.63, 3.8) is 0 Å². The third-order valence-electron chi connectivity index (χ3n) is 3.50. The van der Waals surface area contributed by atoms with Gasteiger partial charge in [0.2, 0.25) is 0 Å². The summed E-state index contributed by atoms with van der Waals surface area (Å²) in [6.07, 6.45) is -1.65. The van der Waals surface area contributed by atoms with E-state index in [4.69, 9.17) is 4.74 Å². The molecule has 0 amide bonds. The molecular weight excluding hydrogens is 270 g/mol.